The first kappa shape index (κ1) is 20.4. The van der Waals surface area contributed by atoms with Crippen LogP contribution >= 0.6 is 11.6 Å². The Balaban J connectivity index is 0.00000259. The van der Waals surface area contributed by atoms with Crippen molar-refractivity contribution in [3.05, 3.63) is 76.3 Å². The maximum Gasteiger partial charge on any atom is 0.335 e. The zero-order valence-electron chi connectivity index (χ0n) is 17.3. The summed E-state index contributed by atoms with van der Waals surface area (Å²) < 4.78 is 10.8. The highest BCUT2D eigenvalue weighted by molar-refractivity contribution is 6.31. The van der Waals surface area contributed by atoms with Crippen molar-refractivity contribution in [3.63, 3.8) is 0 Å². The number of halogens is 1. The summed E-state index contributed by atoms with van der Waals surface area (Å²) in [5, 5.41) is 12.7. The summed E-state index contributed by atoms with van der Waals surface area (Å²) in [6.07, 6.45) is 1.51. The summed E-state index contributed by atoms with van der Waals surface area (Å²) in [4.78, 5) is 24.7. The molecule has 0 unspecified atom stereocenters. The molecule has 1 aliphatic carbocycles. The van der Waals surface area contributed by atoms with Crippen molar-refractivity contribution in [1.29, 1.82) is 0 Å². The zero-order chi connectivity index (χ0) is 22.5. The first-order valence-corrected chi connectivity index (χ1v) is 10.6. The Labute approximate surface area is 191 Å². The molecule has 0 radical (unpaired) electrons. The number of anilines is 1. The first-order chi connectivity index (χ1) is 15.4. The fraction of sp³-hybridized carbons (Fsp3) is 0.200. The molecule has 1 amide bonds. The summed E-state index contributed by atoms with van der Waals surface area (Å²) in [5.41, 5.74) is 3.51. The monoisotopic (exact) mass is 451 g/mol. The van der Waals surface area contributed by atoms with E-state index in [-0.39, 0.29) is 19.7 Å². The van der Waals surface area contributed by atoms with E-state index >= 15 is 0 Å². The molecule has 0 bridgehead atoms. The van der Waals surface area contributed by atoms with Gasteiger partial charge in [-0.05, 0) is 84.5 Å². The minimum Gasteiger partial charge on any atom is -0.478 e. The average molecular weight is 452 g/mol. The number of rotatable bonds is 5. The highest BCUT2D eigenvalue weighted by Gasteiger charge is 2.51. The minimum atomic E-state index is -1.05. The first-order valence-electron chi connectivity index (χ1n) is 10.2. The van der Waals surface area contributed by atoms with Crippen LogP contribution in [0, 0.1) is 6.92 Å². The van der Waals surface area contributed by atoms with Gasteiger partial charge in [0.25, 0.3) is 0 Å². The van der Waals surface area contributed by atoms with E-state index in [2.05, 4.69) is 5.32 Å². The van der Waals surface area contributed by atoms with E-state index in [1.165, 1.54) is 6.07 Å². The van der Waals surface area contributed by atoms with E-state index in [9.17, 15) is 14.7 Å². The number of hydrogen-bond donors (Lipinski definition) is 2. The molecule has 1 heterocycles. The molecule has 32 heavy (non-hydrogen) atoms. The average Bonchev–Trinajstić information content (AvgIpc) is 3.45. The van der Waals surface area contributed by atoms with Crippen LogP contribution in [-0.2, 0) is 10.2 Å². The number of carboxylic acid groups (broad SMARTS) is 1. The predicted octanol–water partition coefficient (Wildman–Crippen LogP) is 5.66. The Bertz CT molecular complexity index is 1270. The van der Waals surface area contributed by atoms with Gasteiger partial charge in [-0.1, -0.05) is 23.7 Å². The number of ether oxygens (including phenoxy) is 2. The van der Waals surface area contributed by atoms with Gasteiger partial charge in [0.1, 0.15) is 0 Å². The van der Waals surface area contributed by atoms with Gasteiger partial charge in [-0.3, -0.25) is 4.79 Å². The number of carbonyl (C=O) groups excluding carboxylic acids is 1. The number of aromatic carboxylic acids is 1. The Hall–Kier alpha value is -3.51. The number of hydrogen-bond acceptors (Lipinski definition) is 4. The lowest BCUT2D eigenvalue weighted by molar-refractivity contribution is -0.118. The molecule has 0 spiro atoms. The van der Waals surface area contributed by atoms with E-state index in [0.29, 0.717) is 27.8 Å². The summed E-state index contributed by atoms with van der Waals surface area (Å²) in [6.45, 7) is 2.12. The van der Waals surface area contributed by atoms with Crippen LogP contribution in [0.1, 0.15) is 35.8 Å². The highest BCUT2D eigenvalue weighted by Crippen LogP contribution is 2.51. The molecule has 0 aromatic heterocycles. The second kappa shape index (κ2) is 7.57. The Morgan fingerprint density at radius 1 is 1.03 bits per heavy atom. The summed E-state index contributed by atoms with van der Waals surface area (Å²) in [5.74, 6) is 0.225. The second-order valence-electron chi connectivity index (χ2n) is 8.17. The van der Waals surface area contributed by atoms with Crippen LogP contribution in [0.3, 0.4) is 0 Å². The molecule has 2 N–H and O–H groups in total. The standard InChI is InChI=1S/C25H20ClNO5.H2/c1-14-2-4-19(12-20(14)15-8-16(23(28)29)10-18(26)9-15)27-24(30)25(6-7-25)17-3-5-21-22(11-17)32-13-31-21;/h2-5,8-12H,6-7,13H2,1H3,(H,27,30)(H,28,29);1H. The van der Waals surface area contributed by atoms with Gasteiger partial charge in [0.05, 0.1) is 11.0 Å². The van der Waals surface area contributed by atoms with Crippen molar-refractivity contribution < 1.29 is 25.6 Å². The zero-order valence-corrected chi connectivity index (χ0v) is 18.0. The summed E-state index contributed by atoms with van der Waals surface area (Å²) in [7, 11) is 0. The fourth-order valence-corrected chi connectivity index (χ4v) is 4.33. The van der Waals surface area contributed by atoms with Crippen LogP contribution in [0.4, 0.5) is 5.69 Å². The van der Waals surface area contributed by atoms with Gasteiger partial charge in [0.2, 0.25) is 12.7 Å². The lowest BCUT2D eigenvalue weighted by Crippen LogP contribution is -2.27. The lowest BCUT2D eigenvalue weighted by atomic mass is 9.94. The second-order valence-corrected chi connectivity index (χ2v) is 8.60. The lowest BCUT2D eigenvalue weighted by Gasteiger charge is -2.17. The molecule has 3 aromatic carbocycles. The molecule has 0 saturated heterocycles. The van der Waals surface area contributed by atoms with Gasteiger partial charge in [-0.25, -0.2) is 4.79 Å². The Kier molecular flexibility index (Phi) is 4.82. The van der Waals surface area contributed by atoms with E-state index in [1.807, 2.05) is 43.3 Å². The molecule has 5 rings (SSSR count). The third kappa shape index (κ3) is 3.56. The molecule has 164 valence electrons. The van der Waals surface area contributed by atoms with Crippen LogP contribution in [0.5, 0.6) is 11.5 Å². The van der Waals surface area contributed by atoms with Crippen LogP contribution in [0.2, 0.25) is 5.02 Å². The molecule has 1 fully saturated rings. The fourth-order valence-electron chi connectivity index (χ4n) is 4.10. The van der Waals surface area contributed by atoms with Crippen LogP contribution in [0.25, 0.3) is 11.1 Å². The minimum absolute atomic E-state index is 0. The quantitative estimate of drug-likeness (QED) is 0.523. The third-order valence-corrected chi connectivity index (χ3v) is 6.28. The van der Waals surface area contributed by atoms with Gasteiger partial charge in [-0.15, -0.1) is 0 Å². The SMILES string of the molecule is Cc1ccc(NC(=O)C2(c3ccc4c(c3)OCO4)CC2)cc1-c1cc(Cl)cc(C(=O)O)c1.[HH]. The molecular formula is C25H22ClNO5. The summed E-state index contributed by atoms with van der Waals surface area (Å²) in [6, 6.07) is 15.9. The number of carboxylic acids is 1. The summed E-state index contributed by atoms with van der Waals surface area (Å²) >= 11 is 6.14. The normalized spacial score (nSPS) is 15.3. The third-order valence-electron chi connectivity index (χ3n) is 6.06. The molecule has 6 nitrogen and oxygen atoms in total. The molecule has 1 saturated carbocycles. The van der Waals surface area contributed by atoms with E-state index < -0.39 is 11.4 Å². The molecule has 7 heteroatoms. The van der Waals surface area contributed by atoms with Crippen molar-refractivity contribution in [1.82, 2.24) is 0 Å². The maximum absolute atomic E-state index is 13.2. The number of aryl methyl sites for hydroxylation is 1. The molecule has 2 aliphatic rings. The largest absolute Gasteiger partial charge is 0.478 e. The number of nitrogens with one attached hydrogen (secondary N) is 1. The molecule has 1 aliphatic heterocycles. The van der Waals surface area contributed by atoms with Crippen molar-refractivity contribution in [2.75, 3.05) is 12.1 Å². The number of benzene rings is 3. The van der Waals surface area contributed by atoms with Crippen molar-refractivity contribution in [2.45, 2.75) is 25.2 Å². The van der Waals surface area contributed by atoms with Gasteiger partial charge in [0.15, 0.2) is 11.5 Å². The van der Waals surface area contributed by atoms with Crippen LogP contribution in [0.15, 0.2) is 54.6 Å². The van der Waals surface area contributed by atoms with Crippen LogP contribution in [-0.4, -0.2) is 23.8 Å². The predicted molar refractivity (Wildman–Crippen MR) is 123 cm³/mol. The molecule has 0 atom stereocenters. The highest BCUT2D eigenvalue weighted by atomic mass is 35.5. The number of carbonyl (C=O) groups is 2. The molecular weight excluding hydrogens is 430 g/mol. The van der Waals surface area contributed by atoms with Gasteiger partial charge in [0, 0.05) is 12.1 Å². The maximum atomic E-state index is 13.2. The van der Waals surface area contributed by atoms with E-state index in [1.54, 1.807) is 12.1 Å². The number of fused-ring (bicyclic) bond motifs is 1. The van der Waals surface area contributed by atoms with Crippen molar-refractivity contribution in [3.8, 4) is 22.6 Å². The molecule has 3 aromatic rings. The Morgan fingerprint density at radius 2 is 1.81 bits per heavy atom. The Morgan fingerprint density at radius 3 is 2.56 bits per heavy atom. The number of amides is 1. The van der Waals surface area contributed by atoms with Gasteiger partial charge < -0.3 is 19.9 Å². The van der Waals surface area contributed by atoms with Gasteiger partial charge in [-0.2, -0.15) is 0 Å². The van der Waals surface area contributed by atoms with Crippen molar-refractivity contribution >= 4 is 29.2 Å². The van der Waals surface area contributed by atoms with Crippen molar-refractivity contribution in [2.24, 2.45) is 0 Å². The smallest absolute Gasteiger partial charge is 0.335 e. The van der Waals surface area contributed by atoms with Gasteiger partial charge >= 0.3 is 5.97 Å². The van der Waals surface area contributed by atoms with Crippen LogP contribution < -0.4 is 14.8 Å². The topological polar surface area (TPSA) is 84.9 Å². The van der Waals surface area contributed by atoms with E-state index in [4.69, 9.17) is 21.1 Å². The van der Waals surface area contributed by atoms with E-state index in [0.717, 1.165) is 29.5 Å².